The van der Waals surface area contributed by atoms with Gasteiger partial charge in [-0.15, -0.1) is 6.58 Å². The van der Waals surface area contributed by atoms with Crippen LogP contribution in [-0.2, 0) is 4.79 Å². The van der Waals surface area contributed by atoms with E-state index in [0.717, 1.165) is 26.2 Å². The summed E-state index contributed by atoms with van der Waals surface area (Å²) < 4.78 is 0. The van der Waals surface area contributed by atoms with Gasteiger partial charge in [-0.25, -0.2) is 0 Å². The van der Waals surface area contributed by atoms with Crippen LogP contribution in [0.5, 0.6) is 0 Å². The van der Waals surface area contributed by atoms with E-state index in [1.807, 2.05) is 6.92 Å². The number of nitrogens with zero attached hydrogens (tertiary/aromatic N) is 2. The van der Waals surface area contributed by atoms with E-state index in [1.165, 1.54) is 16.8 Å². The van der Waals surface area contributed by atoms with E-state index in [1.54, 1.807) is 6.08 Å². The van der Waals surface area contributed by atoms with Crippen LogP contribution >= 0.6 is 0 Å². The van der Waals surface area contributed by atoms with Gasteiger partial charge < -0.3 is 10.2 Å². The van der Waals surface area contributed by atoms with Gasteiger partial charge in [0.15, 0.2) is 0 Å². The summed E-state index contributed by atoms with van der Waals surface area (Å²) in [6.45, 7) is 14.2. The van der Waals surface area contributed by atoms with Gasteiger partial charge in [-0.1, -0.05) is 12.1 Å². The highest BCUT2D eigenvalue weighted by Crippen LogP contribution is 2.20. The molecule has 1 unspecified atom stereocenters. The number of amides is 1. The molecule has 0 radical (unpaired) electrons. The highest BCUT2D eigenvalue weighted by molar-refractivity contribution is 5.81. The van der Waals surface area contributed by atoms with Crippen LogP contribution in [0.3, 0.4) is 0 Å². The minimum Gasteiger partial charge on any atom is -0.369 e. The average molecular weight is 301 g/mol. The second kappa shape index (κ2) is 7.45. The van der Waals surface area contributed by atoms with Crippen molar-refractivity contribution in [2.24, 2.45) is 0 Å². The highest BCUT2D eigenvalue weighted by atomic mass is 16.2. The van der Waals surface area contributed by atoms with E-state index < -0.39 is 0 Å². The first kappa shape index (κ1) is 16.6. The summed E-state index contributed by atoms with van der Waals surface area (Å²) in [6, 6.07) is 6.55. The Balaban J connectivity index is 1.90. The smallest absolute Gasteiger partial charge is 0.237 e. The van der Waals surface area contributed by atoms with Crippen LogP contribution in [0.15, 0.2) is 30.9 Å². The van der Waals surface area contributed by atoms with Crippen LogP contribution in [0.1, 0.15) is 18.1 Å². The molecule has 1 fully saturated rings. The minimum atomic E-state index is -0.0816. The van der Waals surface area contributed by atoms with Crippen molar-refractivity contribution in [3.05, 3.63) is 42.0 Å². The number of hydrogen-bond acceptors (Lipinski definition) is 3. The van der Waals surface area contributed by atoms with E-state index in [2.05, 4.69) is 53.7 Å². The Morgan fingerprint density at radius 3 is 2.55 bits per heavy atom. The summed E-state index contributed by atoms with van der Waals surface area (Å²) in [4.78, 5) is 16.7. The van der Waals surface area contributed by atoms with Gasteiger partial charge >= 0.3 is 0 Å². The molecular formula is C18H27N3O. The number of carbonyl (C=O) groups excluding carboxylic acids is 1. The molecule has 2 rings (SSSR count). The van der Waals surface area contributed by atoms with Gasteiger partial charge in [0.25, 0.3) is 0 Å². The van der Waals surface area contributed by atoms with Gasteiger partial charge in [-0.3, -0.25) is 9.69 Å². The fourth-order valence-corrected chi connectivity index (χ4v) is 2.78. The van der Waals surface area contributed by atoms with Crippen LogP contribution in [0.4, 0.5) is 5.69 Å². The number of rotatable bonds is 5. The third-order valence-electron chi connectivity index (χ3n) is 4.52. The fraction of sp³-hybridized carbons (Fsp3) is 0.500. The lowest BCUT2D eigenvalue weighted by Crippen LogP contribution is -2.54. The predicted molar refractivity (Wildman–Crippen MR) is 92.4 cm³/mol. The molecule has 4 heteroatoms. The van der Waals surface area contributed by atoms with Crippen molar-refractivity contribution in [1.82, 2.24) is 10.2 Å². The molecule has 1 heterocycles. The molecule has 4 nitrogen and oxygen atoms in total. The van der Waals surface area contributed by atoms with Gasteiger partial charge in [0.2, 0.25) is 5.91 Å². The summed E-state index contributed by atoms with van der Waals surface area (Å²) in [5.74, 6) is 0.0829. The average Bonchev–Trinajstić information content (AvgIpc) is 2.54. The summed E-state index contributed by atoms with van der Waals surface area (Å²) in [5, 5.41) is 2.87. The SMILES string of the molecule is C=CCNC(=O)C(C)N1CCN(c2ccc(C)c(C)c2)CC1. The number of piperazine rings is 1. The Morgan fingerprint density at radius 1 is 1.27 bits per heavy atom. The van der Waals surface area contributed by atoms with E-state index in [9.17, 15) is 4.79 Å². The summed E-state index contributed by atoms with van der Waals surface area (Å²) >= 11 is 0. The lowest BCUT2D eigenvalue weighted by atomic mass is 10.1. The molecule has 1 atom stereocenters. The Morgan fingerprint density at radius 2 is 1.95 bits per heavy atom. The number of nitrogens with one attached hydrogen (secondary N) is 1. The lowest BCUT2D eigenvalue weighted by Gasteiger charge is -2.38. The third kappa shape index (κ3) is 3.89. The number of anilines is 1. The zero-order valence-electron chi connectivity index (χ0n) is 13.9. The molecular weight excluding hydrogens is 274 g/mol. The van der Waals surface area contributed by atoms with Crippen LogP contribution < -0.4 is 10.2 Å². The van der Waals surface area contributed by atoms with Gasteiger partial charge in [0.05, 0.1) is 6.04 Å². The maximum absolute atomic E-state index is 12.0. The van der Waals surface area contributed by atoms with Gasteiger partial charge in [0, 0.05) is 38.4 Å². The first-order valence-electron chi connectivity index (χ1n) is 7.97. The van der Waals surface area contributed by atoms with Gasteiger partial charge in [-0.2, -0.15) is 0 Å². The second-order valence-electron chi connectivity index (χ2n) is 6.00. The highest BCUT2D eigenvalue weighted by Gasteiger charge is 2.25. The van der Waals surface area contributed by atoms with Gasteiger partial charge in [0.1, 0.15) is 0 Å². The van der Waals surface area contributed by atoms with Crippen LogP contribution in [-0.4, -0.2) is 49.6 Å². The molecule has 1 N–H and O–H groups in total. The molecule has 120 valence electrons. The van der Waals surface area contributed by atoms with Crippen molar-refractivity contribution >= 4 is 11.6 Å². The monoisotopic (exact) mass is 301 g/mol. The molecule has 0 spiro atoms. The van der Waals surface area contributed by atoms with E-state index >= 15 is 0 Å². The van der Waals surface area contributed by atoms with Gasteiger partial charge in [-0.05, 0) is 44.0 Å². The summed E-state index contributed by atoms with van der Waals surface area (Å²) in [5.41, 5.74) is 3.94. The molecule has 22 heavy (non-hydrogen) atoms. The topological polar surface area (TPSA) is 35.6 Å². The van der Waals surface area contributed by atoms with Crippen molar-refractivity contribution in [3.63, 3.8) is 0 Å². The predicted octanol–water partition coefficient (Wildman–Crippen LogP) is 2.12. The molecule has 1 aliphatic rings. The Labute approximate surface area is 133 Å². The van der Waals surface area contributed by atoms with Crippen molar-refractivity contribution < 1.29 is 4.79 Å². The molecule has 1 saturated heterocycles. The largest absolute Gasteiger partial charge is 0.369 e. The first-order valence-corrected chi connectivity index (χ1v) is 7.97. The number of aryl methyl sites for hydroxylation is 2. The van der Waals surface area contributed by atoms with Crippen molar-refractivity contribution in [2.75, 3.05) is 37.6 Å². The zero-order valence-corrected chi connectivity index (χ0v) is 13.9. The fourth-order valence-electron chi connectivity index (χ4n) is 2.78. The van der Waals surface area contributed by atoms with Crippen molar-refractivity contribution in [3.8, 4) is 0 Å². The zero-order chi connectivity index (χ0) is 16.1. The lowest BCUT2D eigenvalue weighted by molar-refractivity contribution is -0.125. The van der Waals surface area contributed by atoms with Crippen molar-refractivity contribution in [1.29, 1.82) is 0 Å². The normalized spacial score (nSPS) is 17.1. The maximum atomic E-state index is 12.0. The molecule has 1 aromatic carbocycles. The quantitative estimate of drug-likeness (QED) is 0.846. The number of hydrogen-bond donors (Lipinski definition) is 1. The molecule has 0 bridgehead atoms. The summed E-state index contributed by atoms with van der Waals surface area (Å²) in [7, 11) is 0. The molecule has 0 aromatic heterocycles. The number of benzene rings is 1. The molecule has 1 aliphatic heterocycles. The maximum Gasteiger partial charge on any atom is 0.237 e. The Hall–Kier alpha value is -1.81. The van der Waals surface area contributed by atoms with Crippen molar-refractivity contribution in [2.45, 2.75) is 26.8 Å². The Kier molecular flexibility index (Phi) is 5.61. The minimum absolute atomic E-state index is 0.0816. The molecule has 0 aliphatic carbocycles. The number of carbonyl (C=O) groups is 1. The van der Waals surface area contributed by atoms with E-state index in [4.69, 9.17) is 0 Å². The standard InChI is InChI=1S/C18H27N3O/c1-5-8-19-18(22)16(4)20-9-11-21(12-10-20)17-7-6-14(2)15(3)13-17/h5-7,13,16H,1,8-12H2,2-4H3,(H,19,22). The first-order chi connectivity index (χ1) is 10.5. The molecule has 1 amide bonds. The third-order valence-corrected chi connectivity index (χ3v) is 4.52. The van der Waals surface area contributed by atoms with Crippen LogP contribution in [0.2, 0.25) is 0 Å². The molecule has 0 saturated carbocycles. The van der Waals surface area contributed by atoms with E-state index in [-0.39, 0.29) is 11.9 Å². The van der Waals surface area contributed by atoms with Crippen LogP contribution in [0.25, 0.3) is 0 Å². The van der Waals surface area contributed by atoms with E-state index in [0.29, 0.717) is 6.54 Å². The second-order valence-corrected chi connectivity index (χ2v) is 6.00. The summed E-state index contributed by atoms with van der Waals surface area (Å²) in [6.07, 6.45) is 1.71. The Bertz CT molecular complexity index is 533. The molecule has 1 aromatic rings. The van der Waals surface area contributed by atoms with Crippen LogP contribution in [0, 0.1) is 13.8 Å².